The number of aliphatic carboxylic acids is 1. The summed E-state index contributed by atoms with van der Waals surface area (Å²) >= 11 is 0. The molecule has 0 saturated carbocycles. The Hall–Kier alpha value is -3.41. The van der Waals surface area contributed by atoms with Gasteiger partial charge < -0.3 is 14.6 Å². The predicted octanol–water partition coefficient (Wildman–Crippen LogP) is 15.2. The number of unbranched alkanes of at least 4 members (excludes halogenated alkanes) is 22. The fraction of sp³-hybridized carbons (Fsp3) is 0.660. The number of rotatable bonds is 33. The molecule has 0 spiro atoms. The highest BCUT2D eigenvalue weighted by molar-refractivity contribution is 5.86. The van der Waals surface area contributed by atoms with E-state index in [2.05, 4.69) is 38.2 Å². The van der Waals surface area contributed by atoms with Gasteiger partial charge in [-0.25, -0.2) is 0 Å². The number of fused-ring (bicyclic) bond motifs is 1. The van der Waals surface area contributed by atoms with Crippen molar-refractivity contribution in [3.63, 3.8) is 0 Å². The Balaban J connectivity index is 0.000000755. The van der Waals surface area contributed by atoms with Crippen LogP contribution in [0.5, 0.6) is 5.75 Å². The van der Waals surface area contributed by atoms with Gasteiger partial charge >= 0.3 is 17.9 Å². The third-order valence-corrected chi connectivity index (χ3v) is 10.5. The molecular formula is C50H80O6. The van der Waals surface area contributed by atoms with Crippen molar-refractivity contribution in [2.24, 2.45) is 0 Å². The van der Waals surface area contributed by atoms with E-state index in [1.54, 1.807) is 14.0 Å². The van der Waals surface area contributed by atoms with Crippen LogP contribution in [0, 0.1) is 0 Å². The maximum atomic E-state index is 11.9. The molecule has 56 heavy (non-hydrogen) atoms. The molecule has 0 aromatic heterocycles. The Kier molecular flexibility index (Phi) is 32.5. The summed E-state index contributed by atoms with van der Waals surface area (Å²) in [4.78, 5) is 34.7. The van der Waals surface area contributed by atoms with Gasteiger partial charge in [-0.3, -0.25) is 14.4 Å². The number of carboxylic acids is 1. The molecule has 0 radical (unpaired) electrons. The van der Waals surface area contributed by atoms with Gasteiger partial charge in [-0.05, 0) is 99.6 Å². The molecule has 2 aromatic rings. The molecule has 6 nitrogen and oxygen atoms in total. The summed E-state index contributed by atoms with van der Waals surface area (Å²) in [6, 6.07) is 11.4. The normalized spacial score (nSPS) is 11.9. The van der Waals surface area contributed by atoms with Crippen LogP contribution in [0.3, 0.4) is 0 Å². The maximum Gasteiger partial charge on any atom is 0.313 e. The standard InChI is InChI=1S/C36H66O3.C14H14O3/c1-3-5-7-9-11-13-15-17-19-21-23-25-27-29-31-33-35(37)39-36(38)34-32-30-28-26-24-22-20-18-16-14-12-10-8-6-4-2;1-9(14(15)16)10-3-4-12-8-13(17-2)6-5-11(12)7-10/h17-20H,3-16,21-34H2,1-2H3;3-9H,1-2H3,(H,15,16)/t;9-/m.0/s1. The van der Waals surface area contributed by atoms with E-state index in [1.807, 2.05) is 36.4 Å². The summed E-state index contributed by atoms with van der Waals surface area (Å²) in [5, 5.41) is 11.0. The summed E-state index contributed by atoms with van der Waals surface area (Å²) in [5.41, 5.74) is 0.815. The molecular weight excluding hydrogens is 697 g/mol. The zero-order valence-corrected chi connectivity index (χ0v) is 36.1. The van der Waals surface area contributed by atoms with Gasteiger partial charge in [0.2, 0.25) is 0 Å². The lowest BCUT2D eigenvalue weighted by Gasteiger charge is -2.08. The molecule has 0 unspecified atom stereocenters. The smallest absolute Gasteiger partial charge is 0.313 e. The Morgan fingerprint density at radius 3 is 1.32 bits per heavy atom. The van der Waals surface area contributed by atoms with E-state index < -0.39 is 11.9 Å². The third-order valence-electron chi connectivity index (χ3n) is 10.5. The average Bonchev–Trinajstić information content (AvgIpc) is 3.20. The highest BCUT2D eigenvalue weighted by Gasteiger charge is 2.14. The minimum Gasteiger partial charge on any atom is -0.497 e. The van der Waals surface area contributed by atoms with Crippen molar-refractivity contribution in [2.45, 2.75) is 206 Å². The summed E-state index contributed by atoms with van der Waals surface area (Å²) in [6.07, 6.45) is 42.2. The number of allylic oxidation sites excluding steroid dienone is 4. The summed E-state index contributed by atoms with van der Waals surface area (Å²) in [7, 11) is 1.63. The van der Waals surface area contributed by atoms with Gasteiger partial charge in [0.05, 0.1) is 13.0 Å². The van der Waals surface area contributed by atoms with Crippen molar-refractivity contribution in [3.8, 4) is 5.75 Å². The lowest BCUT2D eigenvalue weighted by atomic mass is 9.98. The van der Waals surface area contributed by atoms with Gasteiger partial charge in [-0.1, -0.05) is 165 Å². The van der Waals surface area contributed by atoms with Crippen LogP contribution in [0.4, 0.5) is 0 Å². The lowest BCUT2D eigenvalue weighted by molar-refractivity contribution is -0.159. The fourth-order valence-electron chi connectivity index (χ4n) is 6.69. The molecule has 0 saturated heterocycles. The van der Waals surface area contributed by atoms with Gasteiger partial charge in [0.15, 0.2) is 0 Å². The number of carbonyl (C=O) groups is 3. The quantitative estimate of drug-likeness (QED) is 0.0336. The lowest BCUT2D eigenvalue weighted by Crippen LogP contribution is -2.11. The van der Waals surface area contributed by atoms with Crippen molar-refractivity contribution in [2.75, 3.05) is 7.11 Å². The number of ether oxygens (including phenoxy) is 2. The number of methoxy groups -OCH3 is 1. The van der Waals surface area contributed by atoms with Crippen LogP contribution < -0.4 is 4.74 Å². The van der Waals surface area contributed by atoms with Crippen molar-refractivity contribution >= 4 is 28.7 Å². The predicted molar refractivity (Wildman–Crippen MR) is 237 cm³/mol. The van der Waals surface area contributed by atoms with Crippen LogP contribution in [0.2, 0.25) is 0 Å². The molecule has 0 aliphatic rings. The first-order valence-corrected chi connectivity index (χ1v) is 22.7. The molecule has 0 amide bonds. The first-order chi connectivity index (χ1) is 27.3. The van der Waals surface area contributed by atoms with Crippen LogP contribution in [0.25, 0.3) is 10.8 Å². The second kappa shape index (κ2) is 36.0. The molecule has 6 heteroatoms. The number of esters is 2. The van der Waals surface area contributed by atoms with Crippen molar-refractivity contribution in [1.29, 1.82) is 0 Å². The van der Waals surface area contributed by atoms with Crippen LogP contribution in [-0.2, 0) is 19.1 Å². The molecule has 1 N–H and O–H groups in total. The Morgan fingerprint density at radius 2 is 0.911 bits per heavy atom. The first kappa shape index (κ1) is 50.6. The molecule has 0 heterocycles. The molecule has 0 aliphatic heterocycles. The number of carboxylic acid groups (broad SMARTS) is 1. The van der Waals surface area contributed by atoms with E-state index in [-0.39, 0.29) is 11.9 Å². The van der Waals surface area contributed by atoms with E-state index in [4.69, 9.17) is 14.6 Å². The fourth-order valence-corrected chi connectivity index (χ4v) is 6.69. The minimum atomic E-state index is -0.808. The maximum absolute atomic E-state index is 11.9. The zero-order chi connectivity index (χ0) is 40.9. The van der Waals surface area contributed by atoms with E-state index in [0.29, 0.717) is 12.8 Å². The number of hydrogen-bond acceptors (Lipinski definition) is 5. The van der Waals surface area contributed by atoms with Gasteiger partial charge in [-0.15, -0.1) is 0 Å². The number of carbonyl (C=O) groups excluding carboxylic acids is 2. The second-order valence-electron chi connectivity index (χ2n) is 15.5. The SMILES string of the molecule is CCCCCCCCC=CCCCCCCCC(=O)OC(=O)CCCCCCCC=CCCCCCCCC.COc1ccc2cc([C@H](C)C(=O)O)ccc2c1. The van der Waals surface area contributed by atoms with Gasteiger partial charge in [0.25, 0.3) is 0 Å². The van der Waals surface area contributed by atoms with Crippen LogP contribution in [0.15, 0.2) is 60.7 Å². The molecule has 2 rings (SSSR count). The molecule has 0 bridgehead atoms. The summed E-state index contributed by atoms with van der Waals surface area (Å²) in [6.45, 7) is 6.22. The third kappa shape index (κ3) is 28.1. The van der Waals surface area contributed by atoms with E-state index in [9.17, 15) is 14.4 Å². The molecule has 0 aliphatic carbocycles. The molecule has 316 valence electrons. The van der Waals surface area contributed by atoms with E-state index in [1.165, 1.54) is 128 Å². The highest BCUT2D eigenvalue weighted by Crippen LogP contribution is 2.25. The van der Waals surface area contributed by atoms with E-state index in [0.717, 1.165) is 60.6 Å². The summed E-state index contributed by atoms with van der Waals surface area (Å²) in [5.74, 6) is -1.17. The van der Waals surface area contributed by atoms with E-state index >= 15 is 0 Å². The largest absolute Gasteiger partial charge is 0.497 e. The Labute approximate surface area is 342 Å². The van der Waals surface area contributed by atoms with Crippen LogP contribution in [0.1, 0.15) is 212 Å². The zero-order valence-electron chi connectivity index (χ0n) is 36.1. The Morgan fingerprint density at radius 1 is 0.536 bits per heavy atom. The van der Waals surface area contributed by atoms with Crippen molar-refractivity contribution in [1.82, 2.24) is 0 Å². The Bertz CT molecular complexity index is 1290. The molecule has 2 aromatic carbocycles. The monoisotopic (exact) mass is 777 g/mol. The molecule has 1 atom stereocenters. The average molecular weight is 777 g/mol. The topological polar surface area (TPSA) is 89.9 Å². The van der Waals surface area contributed by atoms with Crippen molar-refractivity contribution < 1.29 is 29.0 Å². The minimum absolute atomic E-state index is 0.342. The van der Waals surface area contributed by atoms with Gasteiger partial charge in [0.1, 0.15) is 5.75 Å². The van der Waals surface area contributed by atoms with Crippen LogP contribution in [-0.4, -0.2) is 30.1 Å². The number of hydrogen-bond donors (Lipinski definition) is 1. The van der Waals surface area contributed by atoms with Gasteiger partial charge in [-0.2, -0.15) is 0 Å². The van der Waals surface area contributed by atoms with Gasteiger partial charge in [0, 0.05) is 12.8 Å². The highest BCUT2D eigenvalue weighted by atomic mass is 16.6. The summed E-state index contributed by atoms with van der Waals surface area (Å²) < 4.78 is 10.1. The van der Waals surface area contributed by atoms with Crippen molar-refractivity contribution in [3.05, 3.63) is 66.3 Å². The van der Waals surface area contributed by atoms with Crippen LogP contribution >= 0.6 is 0 Å². The number of benzene rings is 2. The first-order valence-electron chi connectivity index (χ1n) is 22.7. The molecule has 0 fully saturated rings. The second-order valence-corrected chi connectivity index (χ2v) is 15.5.